The Kier molecular flexibility index (Phi) is 6.27. The van der Waals surface area contributed by atoms with Crippen molar-refractivity contribution in [3.8, 4) is 0 Å². The second kappa shape index (κ2) is 7.31. The second-order valence-corrected chi connectivity index (χ2v) is 6.30. The van der Waals surface area contributed by atoms with Crippen molar-refractivity contribution in [1.29, 1.82) is 0 Å². The number of carbonyl (C=O) groups is 1. The fraction of sp³-hybridized carbons (Fsp3) is 0.357. The molecule has 1 aliphatic rings. The van der Waals surface area contributed by atoms with Crippen LogP contribution in [0.4, 0.5) is 0 Å². The fourth-order valence-corrected chi connectivity index (χ4v) is 3.36. The Morgan fingerprint density at radius 2 is 2.05 bits per heavy atom. The molecule has 0 bridgehead atoms. The molecular weight excluding hydrogens is 397 g/mol. The second-order valence-electron chi connectivity index (χ2n) is 4.45. The Morgan fingerprint density at radius 1 is 1.43 bits per heavy atom. The number of hydrogen-bond donors (Lipinski definition) is 0. The van der Waals surface area contributed by atoms with Gasteiger partial charge in [-0.05, 0) is 32.1 Å². The first-order valence-corrected chi connectivity index (χ1v) is 7.74. The van der Waals surface area contributed by atoms with Gasteiger partial charge < -0.3 is 4.74 Å². The first-order chi connectivity index (χ1) is 9.46. The Labute approximate surface area is 146 Å². The van der Waals surface area contributed by atoms with Gasteiger partial charge in [-0.25, -0.2) is 13.2 Å². The minimum absolute atomic E-state index is 0. The normalized spacial score (nSPS) is 17.4. The molecular formula is C14H22NO4SSn. The van der Waals surface area contributed by atoms with Gasteiger partial charge in [-0.1, -0.05) is 17.7 Å². The van der Waals surface area contributed by atoms with Crippen LogP contribution in [-0.4, -0.2) is 55.2 Å². The zero-order chi connectivity index (χ0) is 14.8. The minimum Gasteiger partial charge on any atom is -0.464 e. The van der Waals surface area contributed by atoms with Gasteiger partial charge in [0.1, 0.15) is 6.04 Å². The van der Waals surface area contributed by atoms with E-state index < -0.39 is 22.0 Å². The van der Waals surface area contributed by atoms with Crippen LogP contribution in [0.1, 0.15) is 23.2 Å². The predicted molar refractivity (Wildman–Crippen MR) is 85.2 cm³/mol. The molecule has 1 heterocycles. The molecule has 1 aromatic carbocycles. The molecule has 0 saturated carbocycles. The van der Waals surface area contributed by atoms with Crippen molar-refractivity contribution < 1.29 is 22.2 Å². The van der Waals surface area contributed by atoms with E-state index >= 15 is 0 Å². The number of benzene rings is 1. The van der Waals surface area contributed by atoms with Gasteiger partial charge in [-0.15, -0.1) is 0 Å². The standard InChI is InChI=1S/C14H16NO4S.Sn.3H2/c1-3-19-14(16)13-5-4-10-15(13)20(17,18)12-8-6-11(2)7-9-12;;;;/h6-10,13H,3,5H2,1-2H3;;3*1H/t13-;;;;/m0..../s1. The number of carbonyl (C=O) groups excluding carboxylic acids is 1. The van der Waals surface area contributed by atoms with Gasteiger partial charge in [-0.2, -0.15) is 0 Å². The monoisotopic (exact) mass is 420 g/mol. The number of nitrogens with zero attached hydrogens (tertiary/aromatic N) is 1. The minimum atomic E-state index is -3.75. The third-order valence-corrected chi connectivity index (χ3v) is 4.77. The molecule has 0 amide bonds. The van der Waals surface area contributed by atoms with Gasteiger partial charge in [0.15, 0.2) is 0 Å². The van der Waals surface area contributed by atoms with Crippen LogP contribution < -0.4 is 0 Å². The molecule has 0 fully saturated rings. The van der Waals surface area contributed by atoms with Crippen LogP contribution in [0.2, 0.25) is 0 Å². The van der Waals surface area contributed by atoms with Gasteiger partial charge >= 0.3 is 5.97 Å². The average Bonchev–Trinajstić information content (AvgIpc) is 2.89. The summed E-state index contributed by atoms with van der Waals surface area (Å²) in [5, 5.41) is 0. The molecule has 0 spiro atoms. The Balaban J connectivity index is -0.00000110. The van der Waals surface area contributed by atoms with E-state index in [1.807, 2.05) is 6.92 Å². The van der Waals surface area contributed by atoms with E-state index in [0.29, 0.717) is 0 Å². The maximum absolute atomic E-state index is 12.5. The summed E-state index contributed by atoms with van der Waals surface area (Å²) < 4.78 is 30.9. The van der Waals surface area contributed by atoms with Crippen molar-refractivity contribution in [2.24, 2.45) is 0 Å². The fourth-order valence-electron chi connectivity index (χ4n) is 1.93. The number of aryl methyl sites for hydroxylation is 1. The van der Waals surface area contributed by atoms with Crippen molar-refractivity contribution in [2.45, 2.75) is 31.2 Å². The first-order valence-electron chi connectivity index (χ1n) is 6.30. The molecule has 0 unspecified atom stereocenters. The maximum Gasteiger partial charge on any atom is 0.330 e. The molecule has 0 saturated heterocycles. The van der Waals surface area contributed by atoms with Gasteiger partial charge in [0, 0.05) is 40.8 Å². The summed E-state index contributed by atoms with van der Waals surface area (Å²) in [4.78, 5) is 11.9. The third-order valence-electron chi connectivity index (χ3n) is 2.99. The van der Waals surface area contributed by atoms with Crippen LogP contribution in [0.5, 0.6) is 0 Å². The van der Waals surface area contributed by atoms with Crippen molar-refractivity contribution in [1.82, 2.24) is 4.31 Å². The zero-order valence-electron chi connectivity index (χ0n) is 11.9. The van der Waals surface area contributed by atoms with Crippen LogP contribution in [-0.2, 0) is 19.6 Å². The van der Waals surface area contributed by atoms with Crippen molar-refractivity contribution in [3.05, 3.63) is 42.1 Å². The van der Waals surface area contributed by atoms with E-state index in [-0.39, 0.29) is 46.1 Å². The molecule has 1 aliphatic heterocycles. The maximum atomic E-state index is 12.5. The van der Waals surface area contributed by atoms with Gasteiger partial charge in [0.05, 0.1) is 11.5 Å². The van der Waals surface area contributed by atoms with E-state index in [9.17, 15) is 13.2 Å². The predicted octanol–water partition coefficient (Wildman–Crippen LogP) is 2.00. The summed E-state index contributed by atoms with van der Waals surface area (Å²) in [7, 11) is -3.75. The van der Waals surface area contributed by atoms with Gasteiger partial charge in [0.2, 0.25) is 0 Å². The molecule has 1 atom stereocenters. The SMILES string of the molecule is CCOC(=O)[C@@H]1C[C]=CN1S(=O)(=O)c1ccc(C)cc1.[HH].[HH].[HH].[Sn]. The van der Waals surface area contributed by atoms with E-state index in [4.69, 9.17) is 4.74 Å². The number of rotatable bonds is 4. The van der Waals surface area contributed by atoms with Crippen LogP contribution in [0.25, 0.3) is 0 Å². The zero-order valence-corrected chi connectivity index (χ0v) is 15.5. The summed E-state index contributed by atoms with van der Waals surface area (Å²) in [5.41, 5.74) is 0.967. The molecule has 1 aromatic rings. The van der Waals surface area contributed by atoms with E-state index in [1.54, 1.807) is 19.1 Å². The Morgan fingerprint density at radius 3 is 2.62 bits per heavy atom. The molecule has 0 aliphatic carbocycles. The van der Waals surface area contributed by atoms with Crippen LogP contribution in [0.15, 0.2) is 35.4 Å². The molecule has 5 nitrogen and oxygen atoms in total. The summed E-state index contributed by atoms with van der Waals surface area (Å²) in [5.74, 6) is -0.551. The molecule has 0 N–H and O–H groups in total. The molecule has 2 rings (SSSR count). The van der Waals surface area contributed by atoms with E-state index in [1.165, 1.54) is 18.3 Å². The third kappa shape index (κ3) is 3.79. The van der Waals surface area contributed by atoms with Crippen molar-refractivity contribution in [2.75, 3.05) is 6.61 Å². The molecule has 21 heavy (non-hydrogen) atoms. The summed E-state index contributed by atoms with van der Waals surface area (Å²) >= 11 is 0. The number of sulfonamides is 1. The Bertz CT molecular complexity index is 638. The van der Waals surface area contributed by atoms with Crippen LogP contribution in [0, 0.1) is 13.0 Å². The largest absolute Gasteiger partial charge is 0.464 e. The molecule has 117 valence electrons. The molecule has 0 aromatic heterocycles. The number of esters is 1. The number of hydrogen-bond acceptors (Lipinski definition) is 4. The van der Waals surface area contributed by atoms with Gasteiger partial charge in [-0.3, -0.25) is 4.31 Å². The van der Waals surface area contributed by atoms with Crippen molar-refractivity contribution in [3.63, 3.8) is 0 Å². The van der Waals surface area contributed by atoms with E-state index in [0.717, 1.165) is 9.87 Å². The summed E-state index contributed by atoms with van der Waals surface area (Å²) in [6.45, 7) is 3.78. The van der Waals surface area contributed by atoms with Gasteiger partial charge in [0.25, 0.3) is 10.0 Å². The van der Waals surface area contributed by atoms with Crippen molar-refractivity contribution >= 4 is 39.9 Å². The first kappa shape index (κ1) is 18.0. The van der Waals surface area contributed by atoms with Crippen LogP contribution in [0.3, 0.4) is 0 Å². The molecule has 5 radical (unpaired) electrons. The summed E-state index contributed by atoms with van der Waals surface area (Å²) in [6, 6.07) is 5.63. The van der Waals surface area contributed by atoms with E-state index in [2.05, 4.69) is 6.08 Å². The Hall–Kier alpha value is -1.02. The summed E-state index contributed by atoms with van der Waals surface area (Å²) in [6.07, 6.45) is 4.28. The molecule has 7 heteroatoms. The smallest absolute Gasteiger partial charge is 0.330 e. The number of ether oxygens (including phenoxy) is 1. The topological polar surface area (TPSA) is 63.7 Å². The average molecular weight is 419 g/mol. The quantitative estimate of drug-likeness (QED) is 0.554. The van der Waals surface area contributed by atoms with Crippen LogP contribution >= 0.6 is 0 Å².